The van der Waals surface area contributed by atoms with Crippen LogP contribution in [0.4, 0.5) is 0 Å². The van der Waals surface area contributed by atoms with Gasteiger partial charge in [0.1, 0.15) is 6.61 Å². The molecule has 1 radical (unpaired) electrons. The second-order valence-electron chi connectivity index (χ2n) is 2.66. The summed E-state index contributed by atoms with van der Waals surface area (Å²) in [6.45, 7) is 10.5. The monoisotopic (exact) mass is 129 g/mol. The molecule has 0 fully saturated rings. The summed E-state index contributed by atoms with van der Waals surface area (Å²) in [4.78, 5) is 9.45. The molecule has 0 saturated heterocycles. The molecule has 2 nitrogen and oxygen atoms in total. The molecule has 0 saturated carbocycles. The van der Waals surface area contributed by atoms with Crippen LogP contribution in [-0.4, -0.2) is 5.60 Å². The van der Waals surface area contributed by atoms with Crippen molar-refractivity contribution < 1.29 is 9.78 Å². The quantitative estimate of drug-likeness (QED) is 0.330. The van der Waals surface area contributed by atoms with E-state index in [0.717, 1.165) is 0 Å². The standard InChI is InChI=1S/C7H13O2/c1-5-6-8-9-7(2,3)4/h5-6H,1H2,2-4H3. The molecule has 0 unspecified atom stereocenters. The minimum atomic E-state index is -0.250. The zero-order valence-corrected chi connectivity index (χ0v) is 6.18. The minimum absolute atomic E-state index is 0.250. The van der Waals surface area contributed by atoms with Crippen molar-refractivity contribution in [2.24, 2.45) is 0 Å². The lowest BCUT2D eigenvalue weighted by Crippen LogP contribution is -2.18. The van der Waals surface area contributed by atoms with Crippen molar-refractivity contribution in [1.29, 1.82) is 0 Å². The molecule has 0 spiro atoms. The molecule has 0 aliphatic carbocycles. The summed E-state index contributed by atoms with van der Waals surface area (Å²) < 4.78 is 0. The van der Waals surface area contributed by atoms with Gasteiger partial charge in [0.15, 0.2) is 0 Å². The molecule has 0 aliphatic rings. The average molecular weight is 129 g/mol. The topological polar surface area (TPSA) is 18.5 Å². The van der Waals surface area contributed by atoms with E-state index in [0.29, 0.717) is 0 Å². The fourth-order valence-electron chi connectivity index (χ4n) is 0.211. The summed E-state index contributed by atoms with van der Waals surface area (Å²) in [5.41, 5.74) is -0.250. The van der Waals surface area contributed by atoms with E-state index in [4.69, 9.17) is 4.89 Å². The Labute approximate surface area is 56.4 Å². The third-order valence-corrected chi connectivity index (χ3v) is 0.450. The van der Waals surface area contributed by atoms with Gasteiger partial charge in [0.25, 0.3) is 0 Å². The largest absolute Gasteiger partial charge is 0.230 e. The van der Waals surface area contributed by atoms with Crippen LogP contribution in [0.25, 0.3) is 0 Å². The second-order valence-corrected chi connectivity index (χ2v) is 2.66. The predicted molar refractivity (Wildman–Crippen MR) is 36.4 cm³/mol. The molecule has 9 heavy (non-hydrogen) atoms. The van der Waals surface area contributed by atoms with Crippen LogP contribution in [-0.2, 0) is 9.78 Å². The van der Waals surface area contributed by atoms with Gasteiger partial charge in [-0.25, -0.2) is 9.78 Å². The Morgan fingerprint density at radius 3 is 2.22 bits per heavy atom. The van der Waals surface area contributed by atoms with Gasteiger partial charge < -0.3 is 0 Å². The number of hydrogen-bond acceptors (Lipinski definition) is 2. The number of rotatable bonds is 3. The van der Waals surface area contributed by atoms with E-state index in [1.165, 1.54) is 12.7 Å². The Morgan fingerprint density at radius 1 is 1.33 bits per heavy atom. The molecule has 0 N–H and O–H groups in total. The summed E-state index contributed by atoms with van der Waals surface area (Å²) in [7, 11) is 0. The van der Waals surface area contributed by atoms with E-state index in [9.17, 15) is 0 Å². The summed E-state index contributed by atoms with van der Waals surface area (Å²) in [6, 6.07) is 0. The molecule has 0 heterocycles. The van der Waals surface area contributed by atoms with Gasteiger partial charge in [-0.15, -0.1) is 6.58 Å². The van der Waals surface area contributed by atoms with Gasteiger partial charge in [-0.3, -0.25) is 0 Å². The van der Waals surface area contributed by atoms with E-state index in [-0.39, 0.29) is 5.60 Å². The lowest BCUT2D eigenvalue weighted by Gasteiger charge is -2.15. The third kappa shape index (κ3) is 7.66. The zero-order valence-electron chi connectivity index (χ0n) is 6.18. The second kappa shape index (κ2) is 3.64. The lowest BCUT2D eigenvalue weighted by molar-refractivity contribution is -0.322. The molecule has 0 bridgehead atoms. The molecule has 0 aliphatic heterocycles. The molecular formula is C7H13O2. The Hall–Kier alpha value is -0.340. The van der Waals surface area contributed by atoms with Gasteiger partial charge in [-0.05, 0) is 20.8 Å². The molecule has 0 rings (SSSR count). The Kier molecular flexibility index (Phi) is 3.50. The lowest BCUT2D eigenvalue weighted by atomic mass is 10.2. The maximum Gasteiger partial charge on any atom is 0.144 e. The molecule has 53 valence electrons. The maximum absolute atomic E-state index is 4.84. The minimum Gasteiger partial charge on any atom is -0.230 e. The van der Waals surface area contributed by atoms with Crippen LogP contribution in [0.2, 0.25) is 0 Å². The van der Waals surface area contributed by atoms with Crippen molar-refractivity contribution in [2.75, 3.05) is 0 Å². The summed E-state index contributed by atoms with van der Waals surface area (Å²) in [5.74, 6) is 0. The highest BCUT2D eigenvalue weighted by molar-refractivity contribution is 4.75. The SMILES string of the molecule is C=C[CH]OOC(C)(C)C. The van der Waals surface area contributed by atoms with Crippen molar-refractivity contribution in [2.45, 2.75) is 26.4 Å². The van der Waals surface area contributed by atoms with Crippen LogP contribution in [0.1, 0.15) is 20.8 Å². The third-order valence-electron chi connectivity index (χ3n) is 0.450. The summed E-state index contributed by atoms with van der Waals surface area (Å²) >= 11 is 0. The average Bonchev–Trinajstić information content (AvgIpc) is 1.63. The van der Waals surface area contributed by atoms with Gasteiger partial charge in [0.2, 0.25) is 0 Å². The number of hydrogen-bond donors (Lipinski definition) is 0. The van der Waals surface area contributed by atoms with Crippen molar-refractivity contribution in [3.8, 4) is 0 Å². The van der Waals surface area contributed by atoms with Crippen LogP contribution in [0.3, 0.4) is 0 Å². The van der Waals surface area contributed by atoms with E-state index in [1.54, 1.807) is 0 Å². The van der Waals surface area contributed by atoms with Crippen LogP contribution in [0, 0.1) is 6.61 Å². The molecule has 0 atom stereocenters. The highest BCUT2D eigenvalue weighted by atomic mass is 17.2. The van der Waals surface area contributed by atoms with Crippen molar-refractivity contribution in [3.05, 3.63) is 19.3 Å². The van der Waals surface area contributed by atoms with E-state index in [1.807, 2.05) is 20.8 Å². The van der Waals surface area contributed by atoms with Crippen molar-refractivity contribution in [3.63, 3.8) is 0 Å². The Balaban J connectivity index is 3.17. The fraction of sp³-hybridized carbons (Fsp3) is 0.571. The predicted octanol–water partition coefficient (Wildman–Crippen LogP) is 2.08. The first-order valence-electron chi connectivity index (χ1n) is 2.85. The normalized spacial score (nSPS) is 11.4. The molecule has 0 aromatic heterocycles. The highest BCUT2D eigenvalue weighted by Gasteiger charge is 2.10. The van der Waals surface area contributed by atoms with Gasteiger partial charge >= 0.3 is 0 Å². The van der Waals surface area contributed by atoms with E-state index in [2.05, 4.69) is 11.5 Å². The molecule has 0 aromatic carbocycles. The molecule has 2 heteroatoms. The summed E-state index contributed by atoms with van der Waals surface area (Å²) in [5, 5.41) is 0. The van der Waals surface area contributed by atoms with E-state index >= 15 is 0 Å². The van der Waals surface area contributed by atoms with Crippen molar-refractivity contribution in [1.82, 2.24) is 0 Å². The van der Waals surface area contributed by atoms with Crippen molar-refractivity contribution >= 4 is 0 Å². The molecule has 0 aromatic rings. The van der Waals surface area contributed by atoms with Gasteiger partial charge in [-0.1, -0.05) is 6.08 Å². The van der Waals surface area contributed by atoms with Gasteiger partial charge in [0.05, 0.1) is 5.60 Å². The fourth-order valence-corrected chi connectivity index (χ4v) is 0.211. The maximum atomic E-state index is 4.84. The van der Waals surface area contributed by atoms with Crippen LogP contribution in [0.15, 0.2) is 12.7 Å². The highest BCUT2D eigenvalue weighted by Crippen LogP contribution is 2.07. The smallest absolute Gasteiger partial charge is 0.144 e. The summed E-state index contributed by atoms with van der Waals surface area (Å²) in [6.07, 6.45) is 1.52. The van der Waals surface area contributed by atoms with Crippen LogP contribution >= 0.6 is 0 Å². The molecule has 0 amide bonds. The molecular weight excluding hydrogens is 116 g/mol. The zero-order chi connectivity index (χ0) is 7.33. The first-order valence-corrected chi connectivity index (χ1v) is 2.85. The van der Waals surface area contributed by atoms with Crippen LogP contribution in [0.5, 0.6) is 0 Å². The first kappa shape index (κ1) is 8.66. The first-order chi connectivity index (χ1) is 4.06. The Bertz CT molecular complexity index is 81.4. The van der Waals surface area contributed by atoms with Gasteiger partial charge in [0, 0.05) is 0 Å². The van der Waals surface area contributed by atoms with Gasteiger partial charge in [-0.2, -0.15) is 0 Å². The van der Waals surface area contributed by atoms with Crippen LogP contribution < -0.4 is 0 Å². The van der Waals surface area contributed by atoms with E-state index < -0.39 is 0 Å². The Morgan fingerprint density at radius 2 is 1.89 bits per heavy atom.